The molecule has 6 rings (SSSR count). The topological polar surface area (TPSA) is 26.0 Å². The van der Waals surface area contributed by atoms with Gasteiger partial charge in [0.25, 0.3) is 0 Å². The van der Waals surface area contributed by atoms with Gasteiger partial charge in [0, 0.05) is 27.6 Å². The molecule has 0 aliphatic heterocycles. The third-order valence-electron chi connectivity index (χ3n) is 7.54. The first kappa shape index (κ1) is 24.9. The Balaban J connectivity index is 1.57. The molecule has 2 nitrogen and oxygen atoms in total. The highest BCUT2D eigenvalue weighted by Gasteiger charge is 2.20. The van der Waals surface area contributed by atoms with Crippen LogP contribution in [-0.2, 0) is 11.8 Å². The van der Waals surface area contributed by atoms with Crippen molar-refractivity contribution in [3.63, 3.8) is 0 Å². The molecule has 0 amide bonds. The Bertz CT molecular complexity index is 1830. The van der Waals surface area contributed by atoms with E-state index in [2.05, 4.69) is 115 Å². The zero-order valence-electron chi connectivity index (χ0n) is 23.4. The molecule has 0 saturated carbocycles. The molecule has 0 saturated heterocycles. The van der Waals surface area contributed by atoms with E-state index in [1.165, 1.54) is 48.7 Å². The van der Waals surface area contributed by atoms with E-state index in [0.717, 1.165) is 33.9 Å². The van der Waals surface area contributed by atoms with E-state index in [0.29, 0.717) is 5.92 Å². The molecule has 3 heterocycles. The molecule has 0 unspecified atom stereocenters. The normalized spacial score (nSPS) is 12.4. The molecule has 3 aromatic heterocycles. The maximum Gasteiger partial charge on any atom is 0.135 e. The van der Waals surface area contributed by atoms with Gasteiger partial charge in [0.1, 0.15) is 16.2 Å². The van der Waals surface area contributed by atoms with E-state index in [1.54, 1.807) is 11.3 Å². The predicted molar refractivity (Wildman–Crippen MR) is 164 cm³/mol. The van der Waals surface area contributed by atoms with Crippen molar-refractivity contribution in [3.05, 3.63) is 88.5 Å². The third-order valence-corrected chi connectivity index (χ3v) is 8.48. The Morgan fingerprint density at radius 2 is 1.63 bits per heavy atom. The summed E-state index contributed by atoms with van der Waals surface area (Å²) < 4.78 is 6.39. The minimum Gasteiger partial charge on any atom is -0.461 e. The SMILES string of the molecule is Cc1cc2c(-c3ccc4c(C)c(CC(C)C)oc4c3)cc(-c3cc(C(C)(C)C)c4ccccc4c3)nc2s1. The summed E-state index contributed by atoms with van der Waals surface area (Å²) in [5.41, 5.74) is 8.16. The van der Waals surface area contributed by atoms with Crippen molar-refractivity contribution >= 4 is 43.3 Å². The molecule has 0 aliphatic carbocycles. The van der Waals surface area contributed by atoms with Crippen LogP contribution >= 0.6 is 11.3 Å². The molecule has 192 valence electrons. The summed E-state index contributed by atoms with van der Waals surface area (Å²) in [4.78, 5) is 7.54. The summed E-state index contributed by atoms with van der Waals surface area (Å²) in [6.07, 6.45) is 0.960. The van der Waals surface area contributed by atoms with E-state index >= 15 is 0 Å². The maximum absolute atomic E-state index is 6.39. The van der Waals surface area contributed by atoms with Gasteiger partial charge in [-0.15, -0.1) is 11.3 Å². The fraction of sp³-hybridized carbons (Fsp3) is 0.286. The molecule has 38 heavy (non-hydrogen) atoms. The van der Waals surface area contributed by atoms with Crippen molar-refractivity contribution in [3.8, 4) is 22.4 Å². The van der Waals surface area contributed by atoms with Crippen molar-refractivity contribution in [1.82, 2.24) is 4.98 Å². The van der Waals surface area contributed by atoms with Crippen LogP contribution in [0.1, 0.15) is 56.4 Å². The van der Waals surface area contributed by atoms with Crippen LogP contribution < -0.4 is 0 Å². The molecular formula is C35H35NOS. The van der Waals surface area contributed by atoms with Gasteiger partial charge in [-0.05, 0) is 88.5 Å². The Kier molecular flexibility index (Phi) is 5.96. The van der Waals surface area contributed by atoms with E-state index in [-0.39, 0.29) is 5.41 Å². The van der Waals surface area contributed by atoms with E-state index in [4.69, 9.17) is 9.40 Å². The first-order chi connectivity index (χ1) is 18.1. The van der Waals surface area contributed by atoms with Crippen LogP contribution in [0.15, 0.2) is 71.1 Å². The van der Waals surface area contributed by atoms with Crippen LogP contribution in [-0.4, -0.2) is 4.98 Å². The number of aromatic nitrogens is 1. The van der Waals surface area contributed by atoms with E-state index in [9.17, 15) is 0 Å². The van der Waals surface area contributed by atoms with Crippen LogP contribution in [0.25, 0.3) is 54.3 Å². The average Bonchev–Trinajstić information content (AvgIpc) is 3.39. The van der Waals surface area contributed by atoms with Crippen LogP contribution in [0.2, 0.25) is 0 Å². The van der Waals surface area contributed by atoms with Gasteiger partial charge in [-0.2, -0.15) is 0 Å². The number of fused-ring (bicyclic) bond motifs is 3. The zero-order valence-corrected chi connectivity index (χ0v) is 24.2. The molecule has 0 aliphatic rings. The molecule has 0 atom stereocenters. The number of rotatable bonds is 4. The first-order valence-electron chi connectivity index (χ1n) is 13.6. The number of benzene rings is 3. The van der Waals surface area contributed by atoms with Crippen molar-refractivity contribution < 1.29 is 4.42 Å². The Hall–Kier alpha value is -3.43. The number of hydrogen-bond donors (Lipinski definition) is 0. The van der Waals surface area contributed by atoms with E-state index in [1.807, 2.05) is 0 Å². The second-order valence-corrected chi connectivity index (χ2v) is 13.3. The van der Waals surface area contributed by atoms with Crippen LogP contribution in [0.5, 0.6) is 0 Å². The van der Waals surface area contributed by atoms with Gasteiger partial charge in [-0.25, -0.2) is 4.98 Å². The first-order valence-corrected chi connectivity index (χ1v) is 14.4. The molecule has 0 spiro atoms. The fourth-order valence-electron chi connectivity index (χ4n) is 5.61. The van der Waals surface area contributed by atoms with Crippen LogP contribution in [0.3, 0.4) is 0 Å². The number of hydrogen-bond acceptors (Lipinski definition) is 3. The maximum atomic E-state index is 6.39. The number of aryl methyl sites for hydroxylation is 2. The van der Waals surface area contributed by atoms with Gasteiger partial charge in [0.15, 0.2) is 0 Å². The molecule has 0 bridgehead atoms. The number of thiophene rings is 1. The third kappa shape index (κ3) is 4.33. The van der Waals surface area contributed by atoms with Gasteiger partial charge in [0.05, 0.1) is 5.69 Å². The summed E-state index contributed by atoms with van der Waals surface area (Å²) in [6, 6.07) is 24.6. The Labute approximate surface area is 229 Å². The van der Waals surface area contributed by atoms with Crippen molar-refractivity contribution in [2.75, 3.05) is 0 Å². The second kappa shape index (κ2) is 9.10. The lowest BCUT2D eigenvalue weighted by atomic mass is 9.82. The smallest absolute Gasteiger partial charge is 0.135 e. The lowest BCUT2D eigenvalue weighted by molar-refractivity contribution is 0.496. The van der Waals surface area contributed by atoms with Gasteiger partial charge in [-0.3, -0.25) is 0 Å². The monoisotopic (exact) mass is 517 g/mol. The number of pyridine rings is 1. The quantitative estimate of drug-likeness (QED) is 0.232. The average molecular weight is 518 g/mol. The Morgan fingerprint density at radius 1 is 0.842 bits per heavy atom. The standard InChI is InChI=1S/C35H35NOS/c1-20(2)14-32-22(4)26-13-12-24(18-33(26)37-32)28-19-31(36-34-29(28)15-21(3)38-34)25-16-23-10-8-9-11-27(23)30(17-25)35(5,6)7/h8-13,15-20H,14H2,1-7H3. The van der Waals surface area contributed by atoms with Gasteiger partial charge in [0.2, 0.25) is 0 Å². The highest BCUT2D eigenvalue weighted by atomic mass is 32.1. The molecule has 0 radical (unpaired) electrons. The summed E-state index contributed by atoms with van der Waals surface area (Å²) in [6.45, 7) is 15.7. The van der Waals surface area contributed by atoms with Gasteiger partial charge >= 0.3 is 0 Å². The van der Waals surface area contributed by atoms with Crippen LogP contribution in [0.4, 0.5) is 0 Å². The summed E-state index contributed by atoms with van der Waals surface area (Å²) >= 11 is 1.77. The minimum atomic E-state index is 0.0257. The number of nitrogens with zero attached hydrogens (tertiary/aromatic N) is 1. The summed E-state index contributed by atoms with van der Waals surface area (Å²) in [5.74, 6) is 1.66. The summed E-state index contributed by atoms with van der Waals surface area (Å²) in [5, 5.41) is 4.98. The Morgan fingerprint density at radius 3 is 2.39 bits per heavy atom. The molecule has 3 heteroatoms. The lowest BCUT2D eigenvalue weighted by Crippen LogP contribution is -2.12. The van der Waals surface area contributed by atoms with Gasteiger partial charge in [-0.1, -0.05) is 71.0 Å². The van der Waals surface area contributed by atoms with E-state index < -0.39 is 0 Å². The highest BCUT2D eigenvalue weighted by Crippen LogP contribution is 2.40. The van der Waals surface area contributed by atoms with Gasteiger partial charge < -0.3 is 4.42 Å². The van der Waals surface area contributed by atoms with Crippen molar-refractivity contribution in [2.45, 2.75) is 60.3 Å². The largest absolute Gasteiger partial charge is 0.461 e. The minimum absolute atomic E-state index is 0.0257. The lowest BCUT2D eigenvalue weighted by Gasteiger charge is -2.23. The fourth-order valence-corrected chi connectivity index (χ4v) is 6.51. The molecular weight excluding hydrogens is 482 g/mol. The number of furan rings is 1. The molecule has 6 aromatic rings. The highest BCUT2D eigenvalue weighted by molar-refractivity contribution is 7.18. The predicted octanol–water partition coefficient (Wildman–Crippen LogP) is 10.6. The van der Waals surface area contributed by atoms with Crippen LogP contribution in [0, 0.1) is 19.8 Å². The molecule has 3 aromatic carbocycles. The second-order valence-electron chi connectivity index (χ2n) is 12.1. The zero-order chi connectivity index (χ0) is 26.8. The molecule has 0 fully saturated rings. The van der Waals surface area contributed by atoms with Crippen molar-refractivity contribution in [2.24, 2.45) is 5.92 Å². The van der Waals surface area contributed by atoms with Crippen molar-refractivity contribution in [1.29, 1.82) is 0 Å². The summed E-state index contributed by atoms with van der Waals surface area (Å²) in [7, 11) is 0. The molecule has 0 N–H and O–H groups in total.